The molecule has 2 aromatic heterocycles. The van der Waals surface area contributed by atoms with Crippen LogP contribution in [0.5, 0.6) is 0 Å². The molecule has 1 N–H and O–H groups in total. The van der Waals surface area contributed by atoms with Gasteiger partial charge in [-0.25, -0.2) is 26.5 Å². The summed E-state index contributed by atoms with van der Waals surface area (Å²) in [6.45, 7) is 7.57. The molecule has 0 unspecified atom stereocenters. The largest absolute Gasteiger partial charge is 0.365 e. The van der Waals surface area contributed by atoms with Gasteiger partial charge in [-0.05, 0) is 74.6 Å². The highest BCUT2D eigenvalue weighted by Gasteiger charge is 2.48. The number of halogens is 4. The van der Waals surface area contributed by atoms with Crippen LogP contribution in [0, 0.1) is 11.6 Å². The lowest BCUT2D eigenvalue weighted by atomic mass is 9.84. The average Bonchev–Trinajstić information content (AvgIpc) is 3.28. The first-order valence-electron chi connectivity index (χ1n) is 13.1. The van der Waals surface area contributed by atoms with Gasteiger partial charge in [0.2, 0.25) is 0 Å². The maximum absolute atomic E-state index is 15.0. The van der Waals surface area contributed by atoms with E-state index in [1.165, 1.54) is 17.8 Å². The Balaban J connectivity index is 1.38. The Kier molecular flexibility index (Phi) is 7.86. The van der Waals surface area contributed by atoms with Crippen LogP contribution in [0.4, 0.5) is 17.6 Å². The van der Waals surface area contributed by atoms with Gasteiger partial charge in [0.1, 0.15) is 0 Å². The van der Waals surface area contributed by atoms with Gasteiger partial charge in [-0.3, -0.25) is 14.9 Å². The first-order valence-corrected chi connectivity index (χ1v) is 14.3. The number of aromatic nitrogens is 2. The van der Waals surface area contributed by atoms with E-state index in [1.807, 2.05) is 12.3 Å². The van der Waals surface area contributed by atoms with E-state index in [2.05, 4.69) is 19.6 Å². The molecule has 0 saturated carbocycles. The van der Waals surface area contributed by atoms with E-state index in [0.29, 0.717) is 19.2 Å². The molecule has 2 atom stereocenters. The Morgan fingerprint density at radius 3 is 2.45 bits per heavy atom. The molecule has 6 nitrogen and oxygen atoms in total. The maximum atomic E-state index is 15.0. The Bertz CT molecular complexity index is 1390. The molecule has 11 heteroatoms. The van der Waals surface area contributed by atoms with Crippen LogP contribution in [-0.4, -0.2) is 43.3 Å². The third-order valence-electron chi connectivity index (χ3n) is 7.72. The molecule has 214 valence electrons. The number of pyridine rings is 2. The summed E-state index contributed by atoms with van der Waals surface area (Å²) in [5, 5.41) is 0. The third kappa shape index (κ3) is 5.32. The Labute approximate surface area is 233 Å². The van der Waals surface area contributed by atoms with Crippen LogP contribution in [0.3, 0.4) is 0 Å². The zero-order chi connectivity index (χ0) is 28.7. The van der Waals surface area contributed by atoms with E-state index in [1.54, 1.807) is 33.0 Å². The fourth-order valence-corrected chi connectivity index (χ4v) is 6.24. The van der Waals surface area contributed by atoms with Crippen molar-refractivity contribution < 1.29 is 26.5 Å². The molecule has 1 saturated heterocycles. The van der Waals surface area contributed by atoms with Crippen LogP contribution < -0.4 is 4.72 Å². The molecule has 3 aromatic rings. The van der Waals surface area contributed by atoms with Crippen molar-refractivity contribution in [2.45, 2.75) is 69.1 Å². The molecule has 2 aliphatic heterocycles. The molecule has 0 amide bonds. The number of alkyl halides is 2. The van der Waals surface area contributed by atoms with E-state index >= 15 is 0 Å². The predicted octanol–water partition coefficient (Wildman–Crippen LogP) is 5.34. The van der Waals surface area contributed by atoms with Gasteiger partial charge in [-0.15, -0.1) is 0 Å². The lowest BCUT2D eigenvalue weighted by molar-refractivity contribution is -0.0800. The number of ether oxygens (including phenoxy) is 1. The van der Waals surface area contributed by atoms with Crippen molar-refractivity contribution in [2.75, 3.05) is 13.1 Å². The number of nitrogens with one attached hydrogen (secondary N) is 1. The molecular formula is C29H32F4N4O2S. The van der Waals surface area contributed by atoms with Crippen LogP contribution in [0.1, 0.15) is 61.6 Å². The third-order valence-corrected chi connectivity index (χ3v) is 9.34. The average molecular weight is 577 g/mol. The second-order valence-electron chi connectivity index (χ2n) is 11.4. The molecule has 0 bridgehead atoms. The number of likely N-dealkylation sites (tertiary alicyclic amines) is 1. The standard InChI is InChI=1S/C29H32F4N4O2S/c1-27(2,3)40(38)36-29(26(32)33,21-5-6-23(30)24(31)14-21)25-7-4-19(15-35-25)17-37-12-9-28(10-13-37)22-16-34-11-8-20(22)18-39-28/h4-8,11,14-16,26,36H,9-10,12-13,17-18H2,1-3H3/t29-,40+/m1/s1. The highest BCUT2D eigenvalue weighted by atomic mass is 32.2. The summed E-state index contributed by atoms with van der Waals surface area (Å²) in [6, 6.07) is 7.67. The molecule has 0 aliphatic carbocycles. The number of piperidine rings is 1. The summed E-state index contributed by atoms with van der Waals surface area (Å²) >= 11 is 0. The molecule has 5 rings (SSSR count). The molecule has 4 heterocycles. The van der Waals surface area contributed by atoms with Crippen molar-refractivity contribution in [2.24, 2.45) is 0 Å². The van der Waals surface area contributed by atoms with Crippen LogP contribution in [0.25, 0.3) is 0 Å². The van der Waals surface area contributed by atoms with E-state index in [9.17, 15) is 21.8 Å². The molecule has 1 spiro atoms. The van der Waals surface area contributed by atoms with Crippen molar-refractivity contribution in [3.05, 3.63) is 94.6 Å². The Morgan fingerprint density at radius 2 is 1.82 bits per heavy atom. The topological polar surface area (TPSA) is 67.4 Å². The van der Waals surface area contributed by atoms with Crippen molar-refractivity contribution in [1.82, 2.24) is 19.6 Å². The Morgan fingerprint density at radius 1 is 1.07 bits per heavy atom. The summed E-state index contributed by atoms with van der Waals surface area (Å²) in [4.78, 5) is 10.9. The maximum Gasteiger partial charge on any atom is 0.267 e. The highest BCUT2D eigenvalue weighted by Crippen LogP contribution is 2.44. The van der Waals surface area contributed by atoms with Gasteiger partial charge in [0, 0.05) is 43.8 Å². The van der Waals surface area contributed by atoms with Crippen LogP contribution in [0.2, 0.25) is 0 Å². The fraction of sp³-hybridized carbons (Fsp3) is 0.448. The first-order chi connectivity index (χ1) is 18.9. The van der Waals surface area contributed by atoms with Gasteiger partial charge >= 0.3 is 0 Å². The number of fused-ring (bicyclic) bond motifs is 2. The lowest BCUT2D eigenvalue weighted by Crippen LogP contribution is -2.53. The van der Waals surface area contributed by atoms with Crippen molar-refractivity contribution in [3.8, 4) is 0 Å². The SMILES string of the molecule is CC(C)(C)[S@](=O)N[C@](c1ccc(F)c(F)c1)(c1ccc(CN2CCC3(CC2)OCc2ccncc23)cn1)C(F)F. The summed E-state index contributed by atoms with van der Waals surface area (Å²) in [6.07, 6.45) is 3.62. The summed E-state index contributed by atoms with van der Waals surface area (Å²) in [5.41, 5.74) is -0.0292. The van der Waals surface area contributed by atoms with Gasteiger partial charge in [-0.2, -0.15) is 0 Å². The van der Waals surface area contributed by atoms with Crippen LogP contribution in [-0.2, 0) is 40.0 Å². The first kappa shape index (κ1) is 28.8. The second kappa shape index (κ2) is 10.9. The minimum absolute atomic E-state index is 0.143. The molecule has 40 heavy (non-hydrogen) atoms. The molecule has 1 aromatic carbocycles. The minimum Gasteiger partial charge on any atom is -0.365 e. The van der Waals surface area contributed by atoms with Gasteiger partial charge in [0.15, 0.2) is 17.2 Å². The van der Waals surface area contributed by atoms with Crippen molar-refractivity contribution in [3.63, 3.8) is 0 Å². The number of benzene rings is 1. The summed E-state index contributed by atoms with van der Waals surface area (Å²) in [7, 11) is -1.98. The fourth-order valence-electron chi connectivity index (χ4n) is 5.33. The zero-order valence-corrected chi connectivity index (χ0v) is 23.4. The monoisotopic (exact) mass is 576 g/mol. The molecule has 1 fully saturated rings. The minimum atomic E-state index is -3.18. The normalized spacial score (nSPS) is 19.5. The number of hydrogen-bond acceptors (Lipinski definition) is 5. The number of hydrogen-bond donors (Lipinski definition) is 1. The molecule has 2 aliphatic rings. The predicted molar refractivity (Wildman–Crippen MR) is 144 cm³/mol. The zero-order valence-electron chi connectivity index (χ0n) is 22.6. The highest BCUT2D eigenvalue weighted by molar-refractivity contribution is 7.84. The van der Waals surface area contributed by atoms with Crippen LogP contribution in [0.15, 0.2) is 55.0 Å². The number of rotatable bonds is 7. The van der Waals surface area contributed by atoms with E-state index in [-0.39, 0.29) is 16.9 Å². The van der Waals surface area contributed by atoms with E-state index in [4.69, 9.17) is 4.74 Å². The molecule has 0 radical (unpaired) electrons. The summed E-state index contributed by atoms with van der Waals surface area (Å²) in [5.74, 6) is -2.45. The van der Waals surface area contributed by atoms with Gasteiger partial charge < -0.3 is 4.74 Å². The Hall–Kier alpha value is -2.73. The second-order valence-corrected chi connectivity index (χ2v) is 13.3. The van der Waals surface area contributed by atoms with Crippen molar-refractivity contribution >= 4 is 11.0 Å². The smallest absolute Gasteiger partial charge is 0.267 e. The number of nitrogens with zero attached hydrogens (tertiary/aromatic N) is 3. The quantitative estimate of drug-likeness (QED) is 0.385. The van der Waals surface area contributed by atoms with Gasteiger partial charge in [0.05, 0.1) is 33.6 Å². The lowest BCUT2D eigenvalue weighted by Gasteiger charge is -2.39. The molecular weight excluding hydrogens is 544 g/mol. The van der Waals surface area contributed by atoms with E-state index < -0.39 is 39.3 Å². The van der Waals surface area contributed by atoms with Gasteiger partial charge in [-0.1, -0.05) is 12.1 Å². The van der Waals surface area contributed by atoms with E-state index in [0.717, 1.165) is 49.2 Å². The van der Waals surface area contributed by atoms with Crippen molar-refractivity contribution in [1.29, 1.82) is 0 Å². The van der Waals surface area contributed by atoms with Crippen LogP contribution >= 0.6 is 0 Å². The van der Waals surface area contributed by atoms with Gasteiger partial charge in [0.25, 0.3) is 6.43 Å². The summed E-state index contributed by atoms with van der Waals surface area (Å²) < 4.78 is 78.7.